The molecule has 0 fully saturated rings. The number of halogens is 1. The number of hydrogen-bond acceptors (Lipinski definition) is 5. The fraction of sp³-hybridized carbons (Fsp3) is 0. The van der Waals surface area contributed by atoms with Crippen LogP contribution in [0, 0.1) is 0 Å². The second-order valence-electron chi connectivity index (χ2n) is 3.86. The van der Waals surface area contributed by atoms with Gasteiger partial charge in [0.15, 0.2) is 10.4 Å². The molecule has 7 nitrogen and oxygen atoms in total. The Balaban J connectivity index is 1.74. The topological polar surface area (TPSA) is 85.8 Å². The van der Waals surface area contributed by atoms with Crippen molar-refractivity contribution in [1.29, 1.82) is 0 Å². The van der Waals surface area contributed by atoms with E-state index in [0.717, 1.165) is 5.69 Å². The Hall–Kier alpha value is -2.48. The zero-order valence-corrected chi connectivity index (χ0v) is 11.6. The van der Waals surface area contributed by atoms with Gasteiger partial charge in [-0.2, -0.15) is 0 Å². The largest absolute Gasteiger partial charge is 0.444 e. The van der Waals surface area contributed by atoms with Gasteiger partial charge in [-0.3, -0.25) is 4.79 Å². The number of nitrogens with one attached hydrogen (secondary N) is 1. The summed E-state index contributed by atoms with van der Waals surface area (Å²) in [5.41, 5.74) is 1.45. The normalized spacial score (nSPS) is 10.4. The van der Waals surface area contributed by atoms with Crippen LogP contribution in [-0.4, -0.2) is 26.1 Å². The molecule has 1 amide bonds. The number of amides is 1. The van der Waals surface area contributed by atoms with Crippen molar-refractivity contribution in [2.24, 2.45) is 0 Å². The Bertz CT molecular complexity index is 721. The third-order valence-corrected chi connectivity index (χ3v) is 2.96. The van der Waals surface area contributed by atoms with Gasteiger partial charge >= 0.3 is 0 Å². The van der Waals surface area contributed by atoms with E-state index in [0.29, 0.717) is 10.4 Å². The molecule has 3 aromatic rings. The van der Waals surface area contributed by atoms with Crippen LogP contribution in [0.5, 0.6) is 0 Å². The molecule has 0 bridgehead atoms. The lowest BCUT2D eigenvalue weighted by atomic mass is 10.2. The van der Waals surface area contributed by atoms with Gasteiger partial charge in [0.2, 0.25) is 0 Å². The fourth-order valence-electron chi connectivity index (χ4n) is 1.61. The van der Waals surface area contributed by atoms with Crippen molar-refractivity contribution >= 4 is 27.5 Å². The molecule has 1 N–H and O–H groups in total. The summed E-state index contributed by atoms with van der Waals surface area (Å²) in [6, 6.07) is 10.4. The van der Waals surface area contributed by atoms with Gasteiger partial charge in [-0.25, -0.2) is 4.68 Å². The highest BCUT2D eigenvalue weighted by atomic mass is 79.9. The van der Waals surface area contributed by atoms with E-state index < -0.39 is 0 Å². The van der Waals surface area contributed by atoms with Crippen LogP contribution in [0.15, 0.2) is 51.8 Å². The molecule has 0 saturated carbocycles. The molecule has 0 spiro atoms. The molecule has 0 atom stereocenters. The second kappa shape index (κ2) is 5.25. The van der Waals surface area contributed by atoms with E-state index >= 15 is 0 Å². The van der Waals surface area contributed by atoms with E-state index in [4.69, 9.17) is 4.42 Å². The van der Waals surface area contributed by atoms with Gasteiger partial charge in [0.1, 0.15) is 6.33 Å². The second-order valence-corrected chi connectivity index (χ2v) is 4.64. The number of anilines is 1. The lowest BCUT2D eigenvalue weighted by molar-refractivity contribution is 0.0995. The Morgan fingerprint density at radius 1 is 1.20 bits per heavy atom. The molecule has 0 aliphatic carbocycles. The van der Waals surface area contributed by atoms with Crippen molar-refractivity contribution in [2.75, 3.05) is 5.32 Å². The van der Waals surface area contributed by atoms with E-state index in [-0.39, 0.29) is 11.7 Å². The van der Waals surface area contributed by atoms with Gasteiger partial charge in [0.05, 0.1) is 5.69 Å². The molecule has 0 saturated heterocycles. The first-order valence-electron chi connectivity index (χ1n) is 5.62. The van der Waals surface area contributed by atoms with Crippen molar-refractivity contribution in [2.45, 2.75) is 0 Å². The van der Waals surface area contributed by atoms with Gasteiger partial charge < -0.3 is 9.73 Å². The SMILES string of the molecule is O=C(Nc1ccc(-n2cnnn2)cc1)c1ccc(Br)o1. The standard InChI is InChI=1S/C12H8BrN5O2/c13-11-6-5-10(20-11)12(19)15-8-1-3-9(4-2-8)18-7-14-16-17-18/h1-7H,(H,15,19). The van der Waals surface area contributed by atoms with Gasteiger partial charge in [-0.05, 0) is 62.8 Å². The lowest BCUT2D eigenvalue weighted by Crippen LogP contribution is -2.10. The highest BCUT2D eigenvalue weighted by Gasteiger charge is 2.10. The van der Waals surface area contributed by atoms with Crippen molar-refractivity contribution in [3.05, 3.63) is 53.2 Å². The van der Waals surface area contributed by atoms with E-state index in [1.807, 2.05) is 0 Å². The number of rotatable bonds is 3. The molecule has 0 radical (unpaired) electrons. The van der Waals surface area contributed by atoms with Crippen LogP contribution in [0.25, 0.3) is 5.69 Å². The number of furan rings is 1. The Morgan fingerprint density at radius 2 is 2.00 bits per heavy atom. The van der Waals surface area contributed by atoms with E-state index in [1.165, 1.54) is 11.0 Å². The molecule has 2 heterocycles. The van der Waals surface area contributed by atoms with Crippen LogP contribution < -0.4 is 5.32 Å². The number of hydrogen-bond donors (Lipinski definition) is 1. The summed E-state index contributed by atoms with van der Waals surface area (Å²) in [5.74, 6) is -0.0766. The Labute approximate surface area is 121 Å². The number of benzene rings is 1. The van der Waals surface area contributed by atoms with Crippen molar-refractivity contribution in [3.63, 3.8) is 0 Å². The zero-order chi connectivity index (χ0) is 13.9. The first-order valence-corrected chi connectivity index (χ1v) is 6.42. The summed E-state index contributed by atoms with van der Waals surface area (Å²) in [6.07, 6.45) is 1.49. The first kappa shape index (κ1) is 12.5. The quantitative estimate of drug-likeness (QED) is 0.794. The molecule has 0 aliphatic rings. The van der Waals surface area contributed by atoms with Gasteiger partial charge in [0, 0.05) is 5.69 Å². The molecule has 8 heteroatoms. The predicted octanol–water partition coefficient (Wildman–Crippen LogP) is 2.27. The van der Waals surface area contributed by atoms with Crippen molar-refractivity contribution in [3.8, 4) is 5.69 Å². The van der Waals surface area contributed by atoms with E-state index in [1.54, 1.807) is 36.4 Å². The third kappa shape index (κ3) is 2.59. The van der Waals surface area contributed by atoms with Crippen LogP contribution >= 0.6 is 15.9 Å². The third-order valence-electron chi connectivity index (χ3n) is 2.54. The maximum Gasteiger partial charge on any atom is 0.291 e. The average molecular weight is 334 g/mol. The average Bonchev–Trinajstić information content (AvgIpc) is 3.10. The Kier molecular flexibility index (Phi) is 3.30. The number of aromatic nitrogens is 4. The monoisotopic (exact) mass is 333 g/mol. The van der Waals surface area contributed by atoms with Gasteiger partial charge in [0.25, 0.3) is 5.91 Å². The van der Waals surface area contributed by atoms with Gasteiger partial charge in [-0.15, -0.1) is 5.10 Å². The molecular formula is C12H8BrN5O2. The summed E-state index contributed by atoms with van der Waals surface area (Å²) in [4.78, 5) is 11.9. The van der Waals surface area contributed by atoms with Crippen LogP contribution in [0.4, 0.5) is 5.69 Å². The molecule has 0 unspecified atom stereocenters. The maximum absolute atomic E-state index is 11.9. The van der Waals surface area contributed by atoms with E-state index in [2.05, 4.69) is 36.8 Å². The van der Waals surface area contributed by atoms with Crippen LogP contribution in [0.2, 0.25) is 0 Å². The molecule has 20 heavy (non-hydrogen) atoms. The smallest absolute Gasteiger partial charge is 0.291 e. The summed E-state index contributed by atoms with van der Waals surface area (Å²) < 4.78 is 7.21. The van der Waals surface area contributed by atoms with Crippen molar-refractivity contribution < 1.29 is 9.21 Å². The first-order chi connectivity index (χ1) is 9.72. The highest BCUT2D eigenvalue weighted by Crippen LogP contribution is 2.17. The maximum atomic E-state index is 11.9. The molecule has 3 rings (SSSR count). The predicted molar refractivity (Wildman–Crippen MR) is 73.5 cm³/mol. The number of carbonyl (C=O) groups excluding carboxylic acids is 1. The summed E-state index contributed by atoms with van der Waals surface area (Å²) in [7, 11) is 0. The number of tetrazole rings is 1. The molecular weight excluding hydrogens is 326 g/mol. The van der Waals surface area contributed by atoms with Crippen LogP contribution in [0.3, 0.4) is 0 Å². The summed E-state index contributed by atoms with van der Waals surface area (Å²) >= 11 is 3.15. The zero-order valence-electron chi connectivity index (χ0n) is 10.0. The van der Waals surface area contributed by atoms with Crippen molar-refractivity contribution in [1.82, 2.24) is 20.2 Å². The minimum Gasteiger partial charge on any atom is -0.444 e. The summed E-state index contributed by atoms with van der Waals surface area (Å²) in [5, 5.41) is 13.6. The van der Waals surface area contributed by atoms with E-state index in [9.17, 15) is 4.79 Å². The summed E-state index contributed by atoms with van der Waals surface area (Å²) in [6.45, 7) is 0. The van der Waals surface area contributed by atoms with Crippen LogP contribution in [0.1, 0.15) is 10.6 Å². The number of nitrogens with zero attached hydrogens (tertiary/aromatic N) is 4. The fourth-order valence-corrected chi connectivity index (χ4v) is 1.91. The number of carbonyl (C=O) groups is 1. The van der Waals surface area contributed by atoms with Gasteiger partial charge in [-0.1, -0.05) is 0 Å². The van der Waals surface area contributed by atoms with Crippen LogP contribution in [-0.2, 0) is 0 Å². The lowest BCUT2D eigenvalue weighted by Gasteiger charge is -2.04. The highest BCUT2D eigenvalue weighted by molar-refractivity contribution is 9.10. The minimum absolute atomic E-state index is 0.237. The minimum atomic E-state index is -0.314. The molecule has 1 aromatic carbocycles. The molecule has 0 aliphatic heterocycles. The molecule has 100 valence electrons. The molecule has 2 aromatic heterocycles. The Morgan fingerprint density at radius 3 is 2.60 bits per heavy atom.